The molecule has 0 spiro atoms. The number of aromatic nitrogens is 4. The fourth-order valence-electron chi connectivity index (χ4n) is 1.26. The smallest absolute Gasteiger partial charge is 0.307 e. The van der Waals surface area contributed by atoms with E-state index in [2.05, 4.69) is 20.8 Å². The Balaban J connectivity index is 2.69. The monoisotopic (exact) mass is 237 g/mol. The molecule has 0 aromatic carbocycles. The summed E-state index contributed by atoms with van der Waals surface area (Å²) in [6.07, 6.45) is -3.42. The van der Waals surface area contributed by atoms with E-state index in [1.54, 1.807) is 6.92 Å². The van der Waals surface area contributed by atoms with Gasteiger partial charge in [-0.3, -0.25) is 0 Å². The highest BCUT2D eigenvalue weighted by Crippen LogP contribution is 2.18. The lowest BCUT2D eigenvalue weighted by molar-refractivity contribution is -0.143. The van der Waals surface area contributed by atoms with Gasteiger partial charge in [-0.2, -0.15) is 13.2 Å². The van der Waals surface area contributed by atoms with E-state index < -0.39 is 12.7 Å². The second-order valence-electron chi connectivity index (χ2n) is 3.49. The summed E-state index contributed by atoms with van der Waals surface area (Å²) in [6, 6.07) is -0.294. The lowest BCUT2D eigenvalue weighted by atomic mass is 10.3. The Kier molecular flexibility index (Phi) is 4.22. The molecule has 1 atom stereocenters. The maximum Gasteiger partial charge on any atom is 0.408 e. The maximum atomic E-state index is 12.2. The van der Waals surface area contributed by atoms with Gasteiger partial charge in [-0.05, 0) is 30.3 Å². The summed E-state index contributed by atoms with van der Waals surface area (Å²) < 4.78 is 37.3. The summed E-state index contributed by atoms with van der Waals surface area (Å²) >= 11 is 0. The second kappa shape index (κ2) is 5.24. The van der Waals surface area contributed by atoms with Crippen LogP contribution in [0.3, 0.4) is 0 Å². The topological polar surface area (TPSA) is 55.6 Å². The normalized spacial score (nSPS) is 14.1. The first-order valence-corrected chi connectivity index (χ1v) is 5.00. The van der Waals surface area contributed by atoms with E-state index in [1.165, 1.54) is 0 Å². The zero-order chi connectivity index (χ0) is 12.2. The minimum absolute atomic E-state index is 0.200. The van der Waals surface area contributed by atoms with Gasteiger partial charge in [0, 0.05) is 0 Å². The largest absolute Gasteiger partial charge is 0.408 e. The summed E-state index contributed by atoms with van der Waals surface area (Å²) in [4.78, 5) is 0. The summed E-state index contributed by atoms with van der Waals surface area (Å²) in [5.74, 6) is 0.200. The molecule has 0 aliphatic carbocycles. The molecule has 1 aromatic heterocycles. The number of alkyl halides is 3. The number of hydrogen-bond acceptors (Lipinski definition) is 4. The van der Waals surface area contributed by atoms with Crippen LogP contribution in [0.15, 0.2) is 0 Å². The van der Waals surface area contributed by atoms with Gasteiger partial charge in [0.15, 0.2) is 5.82 Å². The molecule has 0 saturated carbocycles. The number of rotatable bonds is 5. The molecule has 1 N–H and O–H groups in total. The third kappa shape index (κ3) is 3.76. The molecule has 0 aliphatic rings. The predicted octanol–water partition coefficient (Wildman–Crippen LogP) is 1.30. The lowest BCUT2D eigenvalue weighted by Crippen LogP contribution is -2.26. The van der Waals surface area contributed by atoms with Crippen LogP contribution in [0.25, 0.3) is 0 Å². The van der Waals surface area contributed by atoms with Crippen molar-refractivity contribution >= 4 is 0 Å². The van der Waals surface area contributed by atoms with Crippen molar-refractivity contribution < 1.29 is 13.2 Å². The van der Waals surface area contributed by atoms with Gasteiger partial charge in [0.2, 0.25) is 0 Å². The zero-order valence-corrected chi connectivity index (χ0v) is 9.12. The van der Waals surface area contributed by atoms with Gasteiger partial charge in [0.25, 0.3) is 0 Å². The van der Waals surface area contributed by atoms with Crippen LogP contribution in [0.1, 0.15) is 32.1 Å². The molecule has 8 heteroatoms. The van der Waals surface area contributed by atoms with Crippen LogP contribution in [0.5, 0.6) is 0 Å². The molecular formula is C8H14F3N5. The van der Waals surface area contributed by atoms with Crippen LogP contribution in [0.2, 0.25) is 0 Å². The Morgan fingerprint density at radius 2 is 2.12 bits per heavy atom. The molecule has 1 aromatic rings. The van der Waals surface area contributed by atoms with Crippen molar-refractivity contribution in [3.8, 4) is 0 Å². The number of nitrogens with zero attached hydrogens (tertiary/aromatic N) is 4. The van der Waals surface area contributed by atoms with Crippen LogP contribution in [-0.2, 0) is 6.54 Å². The summed E-state index contributed by atoms with van der Waals surface area (Å²) in [6.45, 7) is 3.25. The molecule has 1 unspecified atom stereocenters. The van der Waals surface area contributed by atoms with Gasteiger partial charge in [-0.25, -0.2) is 4.68 Å². The molecule has 1 rings (SSSR count). The van der Waals surface area contributed by atoms with Gasteiger partial charge in [-0.1, -0.05) is 6.92 Å². The minimum atomic E-state index is -4.31. The van der Waals surface area contributed by atoms with Crippen LogP contribution in [0.4, 0.5) is 13.2 Å². The number of tetrazole rings is 1. The molecule has 0 bridgehead atoms. The quantitative estimate of drug-likeness (QED) is 0.838. The van der Waals surface area contributed by atoms with Crippen molar-refractivity contribution in [2.75, 3.05) is 6.54 Å². The standard InChI is InChI=1S/C8H14F3N5/c1-3-4-12-6(2)7-13-14-15-16(7)5-8(9,10)11/h6,12H,3-5H2,1-2H3. The average molecular weight is 237 g/mol. The number of nitrogens with one attached hydrogen (secondary N) is 1. The fourth-order valence-corrected chi connectivity index (χ4v) is 1.26. The molecular weight excluding hydrogens is 223 g/mol. The highest BCUT2D eigenvalue weighted by Gasteiger charge is 2.30. The van der Waals surface area contributed by atoms with Gasteiger partial charge in [0.1, 0.15) is 6.54 Å². The van der Waals surface area contributed by atoms with Gasteiger partial charge in [-0.15, -0.1) is 5.10 Å². The van der Waals surface area contributed by atoms with E-state index in [4.69, 9.17) is 0 Å². The first-order valence-electron chi connectivity index (χ1n) is 5.00. The molecule has 0 saturated heterocycles. The molecule has 92 valence electrons. The van der Waals surface area contributed by atoms with Crippen LogP contribution < -0.4 is 5.32 Å². The van der Waals surface area contributed by atoms with Crippen molar-refractivity contribution in [2.45, 2.75) is 39.0 Å². The second-order valence-corrected chi connectivity index (χ2v) is 3.49. The van der Waals surface area contributed by atoms with Gasteiger partial charge >= 0.3 is 6.18 Å². The molecule has 0 amide bonds. The van der Waals surface area contributed by atoms with E-state index >= 15 is 0 Å². The fraction of sp³-hybridized carbons (Fsp3) is 0.875. The van der Waals surface area contributed by atoms with Crippen molar-refractivity contribution in [1.29, 1.82) is 0 Å². The van der Waals surface area contributed by atoms with Gasteiger partial charge in [0.05, 0.1) is 6.04 Å². The van der Waals surface area contributed by atoms with E-state index in [-0.39, 0.29) is 11.9 Å². The molecule has 0 radical (unpaired) electrons. The van der Waals surface area contributed by atoms with E-state index in [1.807, 2.05) is 6.92 Å². The first-order chi connectivity index (χ1) is 7.44. The Morgan fingerprint density at radius 3 is 2.69 bits per heavy atom. The SMILES string of the molecule is CCCNC(C)c1nnnn1CC(F)(F)F. The average Bonchev–Trinajstić information content (AvgIpc) is 2.59. The van der Waals surface area contributed by atoms with E-state index in [0.29, 0.717) is 6.54 Å². The van der Waals surface area contributed by atoms with Gasteiger partial charge < -0.3 is 5.32 Å². The first kappa shape index (κ1) is 12.9. The van der Waals surface area contributed by atoms with Crippen molar-refractivity contribution in [2.24, 2.45) is 0 Å². The number of hydrogen-bond donors (Lipinski definition) is 1. The summed E-state index contributed by atoms with van der Waals surface area (Å²) in [5.41, 5.74) is 0. The van der Waals surface area contributed by atoms with Crippen molar-refractivity contribution in [1.82, 2.24) is 25.5 Å². The van der Waals surface area contributed by atoms with Crippen molar-refractivity contribution in [3.05, 3.63) is 5.82 Å². The minimum Gasteiger partial charge on any atom is -0.307 e. The Labute approximate surface area is 91.0 Å². The number of halogens is 3. The Hall–Kier alpha value is -1.18. The van der Waals surface area contributed by atoms with Crippen LogP contribution in [-0.4, -0.2) is 32.9 Å². The zero-order valence-electron chi connectivity index (χ0n) is 9.12. The summed E-state index contributed by atoms with van der Waals surface area (Å²) in [7, 11) is 0. The lowest BCUT2D eigenvalue weighted by Gasteiger charge is -2.13. The third-order valence-corrected chi connectivity index (χ3v) is 1.98. The highest BCUT2D eigenvalue weighted by molar-refractivity contribution is 4.89. The molecule has 16 heavy (non-hydrogen) atoms. The predicted molar refractivity (Wildman–Crippen MR) is 50.6 cm³/mol. The molecule has 0 aliphatic heterocycles. The summed E-state index contributed by atoms with van der Waals surface area (Å²) in [5, 5.41) is 13.2. The third-order valence-electron chi connectivity index (χ3n) is 1.98. The maximum absolute atomic E-state index is 12.2. The van der Waals surface area contributed by atoms with E-state index in [0.717, 1.165) is 11.1 Å². The van der Waals surface area contributed by atoms with Crippen molar-refractivity contribution in [3.63, 3.8) is 0 Å². The van der Waals surface area contributed by atoms with Crippen LogP contribution in [0, 0.1) is 0 Å². The highest BCUT2D eigenvalue weighted by atomic mass is 19.4. The molecule has 5 nitrogen and oxygen atoms in total. The van der Waals surface area contributed by atoms with Crippen LogP contribution >= 0.6 is 0 Å². The molecule has 1 heterocycles. The Morgan fingerprint density at radius 1 is 1.44 bits per heavy atom. The molecule has 0 fully saturated rings. The Bertz CT molecular complexity index is 322. The van der Waals surface area contributed by atoms with E-state index in [9.17, 15) is 13.2 Å².